The molecule has 0 unspecified atom stereocenters. The molecule has 11 heteroatoms. The standard InChI is InChI=1S/C20H20FN5O4S/c1-19(2,3)29-18(28)24-13-8-31-14-7-11(21)10(6-12(14)23-16(13)27)15-25-17(30-26-15)20(9-22)4-5-20/h6-7,13H,4-5,8H2,1-3H3,(H,23,27)(H,24,28)/t13-/m0/s1. The minimum Gasteiger partial charge on any atom is -0.444 e. The van der Waals surface area contributed by atoms with Crippen molar-refractivity contribution >= 4 is 29.4 Å². The fourth-order valence-corrected chi connectivity index (χ4v) is 4.03. The number of nitriles is 1. The first-order valence-electron chi connectivity index (χ1n) is 9.63. The lowest BCUT2D eigenvalue weighted by molar-refractivity contribution is -0.117. The molecule has 4 rings (SSSR count). The van der Waals surface area contributed by atoms with E-state index < -0.39 is 34.9 Å². The van der Waals surface area contributed by atoms with Crippen molar-refractivity contribution in [3.8, 4) is 17.5 Å². The van der Waals surface area contributed by atoms with E-state index in [2.05, 4.69) is 26.8 Å². The highest BCUT2D eigenvalue weighted by molar-refractivity contribution is 7.99. The average molecular weight is 445 g/mol. The van der Waals surface area contributed by atoms with Gasteiger partial charge in [-0.05, 0) is 45.7 Å². The van der Waals surface area contributed by atoms with Crippen LogP contribution in [0.4, 0.5) is 14.9 Å². The van der Waals surface area contributed by atoms with Gasteiger partial charge in [0.2, 0.25) is 17.6 Å². The Labute approximate surface area is 181 Å². The van der Waals surface area contributed by atoms with Crippen LogP contribution in [0.1, 0.15) is 39.5 Å². The van der Waals surface area contributed by atoms with Crippen molar-refractivity contribution in [2.24, 2.45) is 0 Å². The Bertz CT molecular complexity index is 1100. The van der Waals surface area contributed by atoms with Gasteiger partial charge in [-0.15, -0.1) is 11.8 Å². The topological polar surface area (TPSA) is 130 Å². The summed E-state index contributed by atoms with van der Waals surface area (Å²) in [5, 5.41) is 18.3. The van der Waals surface area contributed by atoms with Gasteiger partial charge in [-0.1, -0.05) is 5.16 Å². The molecule has 162 valence electrons. The molecule has 1 aliphatic carbocycles. The van der Waals surface area contributed by atoms with E-state index in [1.165, 1.54) is 23.9 Å². The van der Waals surface area contributed by atoms with Gasteiger partial charge in [0.1, 0.15) is 22.9 Å². The number of rotatable bonds is 3. The van der Waals surface area contributed by atoms with Gasteiger partial charge >= 0.3 is 6.09 Å². The van der Waals surface area contributed by atoms with E-state index in [0.29, 0.717) is 23.4 Å². The van der Waals surface area contributed by atoms with Crippen LogP contribution in [0.15, 0.2) is 21.6 Å². The summed E-state index contributed by atoms with van der Waals surface area (Å²) >= 11 is 1.22. The third kappa shape index (κ3) is 4.34. The molecule has 9 nitrogen and oxygen atoms in total. The molecule has 2 aromatic rings. The summed E-state index contributed by atoms with van der Waals surface area (Å²) in [5.74, 6) is -0.672. The van der Waals surface area contributed by atoms with Gasteiger partial charge < -0.3 is 19.9 Å². The van der Waals surface area contributed by atoms with Gasteiger partial charge in [0.15, 0.2) is 0 Å². The number of fused-ring (bicyclic) bond motifs is 1. The zero-order valence-corrected chi connectivity index (χ0v) is 17.9. The lowest BCUT2D eigenvalue weighted by Gasteiger charge is -2.22. The molecule has 2 amide bonds. The Morgan fingerprint density at radius 1 is 1.45 bits per heavy atom. The number of nitrogens with zero attached hydrogens (tertiary/aromatic N) is 3. The Morgan fingerprint density at radius 3 is 2.84 bits per heavy atom. The largest absolute Gasteiger partial charge is 0.444 e. The molecule has 1 aliphatic heterocycles. The number of alkyl carbamates (subject to hydrolysis) is 1. The Kier molecular flexibility index (Phi) is 5.13. The van der Waals surface area contributed by atoms with E-state index in [1.807, 2.05) is 0 Å². The number of carbonyl (C=O) groups excluding carboxylic acids is 2. The first kappa shape index (κ1) is 21.1. The molecule has 2 aliphatic rings. The molecule has 0 spiro atoms. The van der Waals surface area contributed by atoms with Crippen molar-refractivity contribution in [2.75, 3.05) is 11.1 Å². The second kappa shape index (κ2) is 7.53. The molecule has 1 fully saturated rings. The van der Waals surface area contributed by atoms with Gasteiger partial charge in [0, 0.05) is 10.6 Å². The van der Waals surface area contributed by atoms with Crippen LogP contribution in [0.3, 0.4) is 0 Å². The number of carbonyl (C=O) groups is 2. The normalized spacial score (nSPS) is 19.5. The number of ether oxygens (including phenoxy) is 1. The summed E-state index contributed by atoms with van der Waals surface area (Å²) in [6.07, 6.45) is 0.532. The molecular weight excluding hydrogens is 425 g/mol. The van der Waals surface area contributed by atoms with Crippen molar-refractivity contribution in [2.45, 2.75) is 55.6 Å². The van der Waals surface area contributed by atoms with Gasteiger partial charge in [0.05, 0.1) is 17.3 Å². The minimum atomic E-state index is -0.860. The molecule has 1 atom stereocenters. The third-order valence-electron chi connectivity index (χ3n) is 4.78. The number of hydrogen-bond acceptors (Lipinski definition) is 8. The monoisotopic (exact) mass is 445 g/mol. The van der Waals surface area contributed by atoms with Crippen LogP contribution < -0.4 is 10.6 Å². The zero-order valence-electron chi connectivity index (χ0n) is 17.1. The highest BCUT2D eigenvalue weighted by Gasteiger charge is 2.50. The fourth-order valence-electron chi connectivity index (χ4n) is 2.99. The summed E-state index contributed by atoms with van der Waals surface area (Å²) in [4.78, 5) is 29.3. The molecular formula is C20H20FN5O4S. The minimum absolute atomic E-state index is 0.00347. The summed E-state index contributed by atoms with van der Waals surface area (Å²) in [6, 6.07) is 3.99. The number of thioether (sulfide) groups is 1. The van der Waals surface area contributed by atoms with E-state index in [1.54, 1.807) is 20.8 Å². The number of hydrogen-bond donors (Lipinski definition) is 2. The van der Waals surface area contributed by atoms with Crippen LogP contribution in [-0.4, -0.2) is 39.5 Å². The summed E-state index contributed by atoms with van der Waals surface area (Å²) < 4.78 is 25.2. The number of amides is 2. The predicted octanol–water partition coefficient (Wildman–Crippen LogP) is 3.37. The van der Waals surface area contributed by atoms with Crippen molar-refractivity contribution in [3.05, 3.63) is 23.8 Å². The van der Waals surface area contributed by atoms with Crippen LogP contribution >= 0.6 is 11.8 Å². The number of benzene rings is 1. The van der Waals surface area contributed by atoms with Crippen LogP contribution in [0, 0.1) is 17.1 Å². The second-order valence-electron chi connectivity index (χ2n) is 8.44. The number of anilines is 1. The summed E-state index contributed by atoms with van der Waals surface area (Å²) in [6.45, 7) is 5.17. The van der Waals surface area contributed by atoms with E-state index in [4.69, 9.17) is 9.26 Å². The lowest BCUT2D eigenvalue weighted by Crippen LogP contribution is -2.46. The van der Waals surface area contributed by atoms with Crippen molar-refractivity contribution in [1.29, 1.82) is 5.26 Å². The maximum atomic E-state index is 14.8. The fraction of sp³-hybridized carbons (Fsp3) is 0.450. The third-order valence-corrected chi connectivity index (χ3v) is 5.93. The quantitative estimate of drug-likeness (QED) is 0.735. The number of aromatic nitrogens is 2. The molecule has 2 heterocycles. The summed E-state index contributed by atoms with van der Waals surface area (Å²) in [7, 11) is 0. The average Bonchev–Trinajstić information content (AvgIpc) is 3.36. The molecule has 0 radical (unpaired) electrons. The SMILES string of the molecule is CC(C)(C)OC(=O)N[C@H]1CSc2cc(F)c(-c3noc(C4(C#N)CC4)n3)cc2NC1=O. The van der Waals surface area contributed by atoms with E-state index in [0.717, 1.165) is 0 Å². The predicted molar refractivity (Wildman–Crippen MR) is 109 cm³/mol. The van der Waals surface area contributed by atoms with E-state index in [9.17, 15) is 19.2 Å². The van der Waals surface area contributed by atoms with Crippen molar-refractivity contribution < 1.29 is 23.2 Å². The lowest BCUT2D eigenvalue weighted by atomic mass is 10.1. The van der Waals surface area contributed by atoms with Gasteiger partial charge in [0.25, 0.3) is 0 Å². The van der Waals surface area contributed by atoms with Crippen LogP contribution in [-0.2, 0) is 14.9 Å². The Balaban J connectivity index is 1.55. The van der Waals surface area contributed by atoms with Crippen LogP contribution in [0.5, 0.6) is 0 Å². The van der Waals surface area contributed by atoms with Gasteiger partial charge in [-0.2, -0.15) is 10.2 Å². The number of halogens is 1. The number of nitrogens with one attached hydrogen (secondary N) is 2. The van der Waals surface area contributed by atoms with Gasteiger partial charge in [-0.3, -0.25) is 4.79 Å². The smallest absolute Gasteiger partial charge is 0.408 e. The molecule has 1 aromatic carbocycles. The molecule has 2 N–H and O–H groups in total. The second-order valence-corrected chi connectivity index (χ2v) is 9.51. The van der Waals surface area contributed by atoms with Crippen molar-refractivity contribution in [3.63, 3.8) is 0 Å². The van der Waals surface area contributed by atoms with Crippen LogP contribution in [0.2, 0.25) is 0 Å². The Morgan fingerprint density at radius 2 is 2.19 bits per heavy atom. The maximum absolute atomic E-state index is 14.8. The molecule has 1 saturated carbocycles. The molecule has 0 bridgehead atoms. The highest BCUT2D eigenvalue weighted by Crippen LogP contribution is 2.47. The maximum Gasteiger partial charge on any atom is 0.408 e. The van der Waals surface area contributed by atoms with Gasteiger partial charge in [-0.25, -0.2) is 9.18 Å². The Hall–Kier alpha value is -3.13. The zero-order chi connectivity index (χ0) is 22.4. The first-order valence-corrected chi connectivity index (χ1v) is 10.6. The first-order chi connectivity index (χ1) is 14.6. The molecule has 0 saturated heterocycles. The molecule has 31 heavy (non-hydrogen) atoms. The molecule has 1 aromatic heterocycles. The highest BCUT2D eigenvalue weighted by atomic mass is 32.2. The van der Waals surface area contributed by atoms with E-state index in [-0.39, 0.29) is 23.0 Å². The van der Waals surface area contributed by atoms with Crippen LogP contribution in [0.25, 0.3) is 11.4 Å². The van der Waals surface area contributed by atoms with E-state index >= 15 is 0 Å². The van der Waals surface area contributed by atoms with Crippen molar-refractivity contribution in [1.82, 2.24) is 15.5 Å². The summed E-state index contributed by atoms with van der Waals surface area (Å²) in [5.41, 5.74) is -1.07.